The van der Waals surface area contributed by atoms with Crippen molar-refractivity contribution in [1.82, 2.24) is 20.2 Å². The number of aromatic nitrogens is 2. The third-order valence-corrected chi connectivity index (χ3v) is 6.83. The number of ether oxygens (including phenoxy) is 1. The Balaban J connectivity index is 1.57. The number of hydrogen-bond donors (Lipinski definition) is 1. The van der Waals surface area contributed by atoms with Crippen molar-refractivity contribution in [2.24, 2.45) is 0 Å². The molecular weight excluding hydrogens is 362 g/mol. The highest BCUT2D eigenvalue weighted by Crippen LogP contribution is 2.40. The molecule has 0 bridgehead atoms. The number of carbonyl (C=O) groups is 1. The van der Waals surface area contributed by atoms with E-state index in [1.165, 1.54) is 28.7 Å². The molecule has 27 heavy (non-hydrogen) atoms. The molecule has 2 fully saturated rings. The number of aryl methyl sites for hydroxylation is 2. The summed E-state index contributed by atoms with van der Waals surface area (Å²) >= 11 is 1.83. The van der Waals surface area contributed by atoms with Crippen LogP contribution in [0, 0.1) is 0 Å². The van der Waals surface area contributed by atoms with Gasteiger partial charge in [-0.3, -0.25) is 9.69 Å². The van der Waals surface area contributed by atoms with Crippen LogP contribution >= 0.6 is 11.3 Å². The molecule has 1 N–H and O–H groups in total. The summed E-state index contributed by atoms with van der Waals surface area (Å²) in [6.45, 7) is 5.99. The molecule has 1 amide bonds. The Kier molecular flexibility index (Phi) is 4.71. The summed E-state index contributed by atoms with van der Waals surface area (Å²) in [6.07, 6.45) is 4.74. The first-order valence-corrected chi connectivity index (χ1v) is 10.7. The molecule has 0 radical (unpaired) electrons. The molecule has 2 saturated heterocycles. The third-order valence-electron chi connectivity index (χ3n) is 5.65. The number of piperazine rings is 1. The van der Waals surface area contributed by atoms with Crippen LogP contribution in [0.1, 0.15) is 29.1 Å². The quantitative estimate of drug-likeness (QED) is 0.857. The van der Waals surface area contributed by atoms with E-state index >= 15 is 0 Å². The fourth-order valence-electron chi connectivity index (χ4n) is 4.26. The van der Waals surface area contributed by atoms with Crippen LogP contribution < -0.4 is 10.2 Å². The standard InChI is InChI=1S/C19H25N5O2S/c25-16-12-24(6-5-20-16)18-17-13-3-1-2-4-14(13)27-19(17)22-15(21-18)11-23-7-9-26-10-8-23/h1-12H2,(H,20,25). The summed E-state index contributed by atoms with van der Waals surface area (Å²) in [7, 11) is 0. The maximum absolute atomic E-state index is 12.0. The van der Waals surface area contributed by atoms with Gasteiger partial charge >= 0.3 is 0 Å². The molecule has 0 atom stereocenters. The predicted molar refractivity (Wildman–Crippen MR) is 105 cm³/mol. The number of morpholine rings is 1. The van der Waals surface area contributed by atoms with E-state index in [0.717, 1.165) is 68.7 Å². The first-order chi connectivity index (χ1) is 13.3. The van der Waals surface area contributed by atoms with Gasteiger partial charge < -0.3 is 15.0 Å². The van der Waals surface area contributed by atoms with Crippen molar-refractivity contribution in [2.75, 3.05) is 50.8 Å². The van der Waals surface area contributed by atoms with Crippen LogP contribution in [0.3, 0.4) is 0 Å². The molecular formula is C19H25N5O2S. The molecule has 0 unspecified atom stereocenters. The molecule has 2 aromatic heterocycles. The Hall–Kier alpha value is -1.77. The SMILES string of the molecule is O=C1CN(c2nc(CN3CCOCC3)nc3sc4c(c23)CCCC4)CCN1. The molecule has 2 aromatic rings. The van der Waals surface area contributed by atoms with Crippen molar-refractivity contribution >= 4 is 33.3 Å². The summed E-state index contributed by atoms with van der Waals surface area (Å²) in [5.41, 5.74) is 1.43. The zero-order valence-electron chi connectivity index (χ0n) is 15.5. The lowest BCUT2D eigenvalue weighted by molar-refractivity contribution is -0.120. The average molecular weight is 388 g/mol. The molecule has 7 nitrogen and oxygen atoms in total. The number of carbonyl (C=O) groups excluding carboxylic acids is 1. The van der Waals surface area contributed by atoms with E-state index in [1.54, 1.807) is 0 Å². The Labute approximate surface area is 162 Å². The molecule has 0 saturated carbocycles. The van der Waals surface area contributed by atoms with Gasteiger partial charge in [-0.05, 0) is 31.2 Å². The van der Waals surface area contributed by atoms with E-state index in [4.69, 9.17) is 14.7 Å². The summed E-state index contributed by atoms with van der Waals surface area (Å²) < 4.78 is 5.46. The summed E-state index contributed by atoms with van der Waals surface area (Å²) in [6, 6.07) is 0. The number of nitrogens with zero attached hydrogens (tertiary/aromatic N) is 4. The van der Waals surface area contributed by atoms with Gasteiger partial charge in [-0.15, -0.1) is 11.3 Å². The van der Waals surface area contributed by atoms with Crippen molar-refractivity contribution in [3.8, 4) is 0 Å². The number of fused-ring (bicyclic) bond motifs is 3. The first kappa shape index (κ1) is 17.3. The molecule has 144 valence electrons. The molecule has 5 rings (SSSR count). The molecule has 3 aliphatic rings. The monoisotopic (exact) mass is 387 g/mol. The maximum atomic E-state index is 12.0. The second kappa shape index (κ2) is 7.33. The van der Waals surface area contributed by atoms with Crippen molar-refractivity contribution in [1.29, 1.82) is 0 Å². The number of nitrogens with one attached hydrogen (secondary N) is 1. The predicted octanol–water partition coefficient (Wildman–Crippen LogP) is 1.34. The Bertz CT molecular complexity index is 861. The van der Waals surface area contributed by atoms with Gasteiger partial charge in [-0.2, -0.15) is 0 Å². The molecule has 4 heterocycles. The summed E-state index contributed by atoms with van der Waals surface area (Å²) in [4.78, 5) is 29.0. The number of amides is 1. The van der Waals surface area contributed by atoms with Gasteiger partial charge in [0.2, 0.25) is 5.91 Å². The highest BCUT2D eigenvalue weighted by atomic mass is 32.1. The fourth-order valence-corrected chi connectivity index (χ4v) is 5.53. The zero-order chi connectivity index (χ0) is 18.2. The van der Waals surface area contributed by atoms with E-state index in [2.05, 4.69) is 15.1 Å². The van der Waals surface area contributed by atoms with Gasteiger partial charge in [0.25, 0.3) is 0 Å². The number of hydrogen-bond acceptors (Lipinski definition) is 7. The van der Waals surface area contributed by atoms with Crippen LogP contribution in [-0.4, -0.2) is 66.7 Å². The fraction of sp³-hybridized carbons (Fsp3) is 0.632. The van der Waals surface area contributed by atoms with Crippen molar-refractivity contribution < 1.29 is 9.53 Å². The van der Waals surface area contributed by atoms with Crippen LogP contribution in [0.15, 0.2) is 0 Å². The van der Waals surface area contributed by atoms with Gasteiger partial charge in [0.05, 0.1) is 31.7 Å². The van der Waals surface area contributed by atoms with Crippen molar-refractivity contribution in [2.45, 2.75) is 32.2 Å². The van der Waals surface area contributed by atoms with Crippen LogP contribution in [-0.2, 0) is 28.9 Å². The Morgan fingerprint density at radius 1 is 1.11 bits per heavy atom. The topological polar surface area (TPSA) is 70.6 Å². The highest BCUT2D eigenvalue weighted by molar-refractivity contribution is 7.19. The van der Waals surface area contributed by atoms with Crippen LogP contribution in [0.4, 0.5) is 5.82 Å². The van der Waals surface area contributed by atoms with E-state index in [0.29, 0.717) is 13.1 Å². The minimum absolute atomic E-state index is 0.0758. The molecule has 0 aromatic carbocycles. The average Bonchev–Trinajstić information content (AvgIpc) is 3.06. The Morgan fingerprint density at radius 2 is 1.96 bits per heavy atom. The molecule has 0 spiro atoms. The number of thiophene rings is 1. The lowest BCUT2D eigenvalue weighted by Gasteiger charge is -2.30. The van der Waals surface area contributed by atoms with Gasteiger partial charge in [0, 0.05) is 31.1 Å². The highest BCUT2D eigenvalue weighted by Gasteiger charge is 2.26. The summed E-state index contributed by atoms with van der Waals surface area (Å²) in [5.74, 6) is 1.91. The molecule has 8 heteroatoms. The van der Waals surface area contributed by atoms with Crippen LogP contribution in [0.5, 0.6) is 0 Å². The van der Waals surface area contributed by atoms with E-state index in [9.17, 15) is 4.79 Å². The summed E-state index contributed by atoms with van der Waals surface area (Å²) in [5, 5.41) is 4.13. The number of anilines is 1. The van der Waals surface area contributed by atoms with Gasteiger partial charge in [-0.1, -0.05) is 0 Å². The molecule has 1 aliphatic carbocycles. The normalized spacial score (nSPS) is 21.3. The smallest absolute Gasteiger partial charge is 0.239 e. The lowest BCUT2D eigenvalue weighted by atomic mass is 9.97. The first-order valence-electron chi connectivity index (χ1n) is 9.91. The Morgan fingerprint density at radius 3 is 2.81 bits per heavy atom. The van der Waals surface area contributed by atoms with Gasteiger partial charge in [0.1, 0.15) is 16.5 Å². The zero-order valence-corrected chi connectivity index (χ0v) is 16.3. The lowest BCUT2D eigenvalue weighted by Crippen LogP contribution is -2.48. The van der Waals surface area contributed by atoms with Crippen molar-refractivity contribution in [3.63, 3.8) is 0 Å². The second-order valence-electron chi connectivity index (χ2n) is 7.51. The van der Waals surface area contributed by atoms with Crippen LogP contribution in [0.2, 0.25) is 0 Å². The third kappa shape index (κ3) is 3.41. The van der Waals surface area contributed by atoms with Crippen LogP contribution in [0.25, 0.3) is 10.2 Å². The largest absolute Gasteiger partial charge is 0.379 e. The minimum atomic E-state index is 0.0758. The van der Waals surface area contributed by atoms with E-state index in [-0.39, 0.29) is 5.91 Å². The van der Waals surface area contributed by atoms with E-state index < -0.39 is 0 Å². The number of rotatable bonds is 3. The van der Waals surface area contributed by atoms with Gasteiger partial charge in [-0.25, -0.2) is 9.97 Å². The maximum Gasteiger partial charge on any atom is 0.239 e. The van der Waals surface area contributed by atoms with Crippen molar-refractivity contribution in [3.05, 3.63) is 16.3 Å². The minimum Gasteiger partial charge on any atom is -0.379 e. The second-order valence-corrected chi connectivity index (χ2v) is 8.60. The van der Waals surface area contributed by atoms with E-state index in [1.807, 2.05) is 11.3 Å². The van der Waals surface area contributed by atoms with Gasteiger partial charge in [0.15, 0.2) is 0 Å². The molecule has 2 aliphatic heterocycles.